The molecule has 0 radical (unpaired) electrons. The van der Waals surface area contributed by atoms with E-state index in [4.69, 9.17) is 28.9 Å². The largest absolute Gasteiger partial charge is 0.399 e. The molecule has 16 heavy (non-hydrogen) atoms. The molecule has 0 fully saturated rings. The molecule has 0 atom stereocenters. The number of nitrogen functional groups attached to an aromatic ring is 1. The van der Waals surface area contributed by atoms with Crippen LogP contribution >= 0.6 is 23.2 Å². The molecule has 82 valence electrons. The maximum Gasteiger partial charge on any atom is 0.0642 e. The Morgan fingerprint density at radius 3 is 2.56 bits per heavy atom. The van der Waals surface area contributed by atoms with Crippen LogP contribution in [-0.4, -0.2) is 0 Å². The highest BCUT2D eigenvalue weighted by atomic mass is 35.5. The third kappa shape index (κ3) is 2.60. The zero-order valence-corrected chi connectivity index (χ0v) is 9.89. The lowest BCUT2D eigenvalue weighted by molar-refractivity contribution is 1.55. The fourth-order valence-electron chi connectivity index (χ4n) is 1.37. The summed E-state index contributed by atoms with van der Waals surface area (Å²) in [5, 5.41) is 4.41. The van der Waals surface area contributed by atoms with Gasteiger partial charge in [-0.25, -0.2) is 0 Å². The predicted octanol–water partition coefficient (Wildman–Crippen LogP) is 4.32. The summed E-state index contributed by atoms with van der Waals surface area (Å²) in [6.07, 6.45) is 0. The van der Waals surface area contributed by atoms with Gasteiger partial charge in [-0.05, 0) is 36.4 Å². The van der Waals surface area contributed by atoms with Crippen molar-refractivity contribution in [1.82, 2.24) is 0 Å². The van der Waals surface area contributed by atoms with Gasteiger partial charge in [0, 0.05) is 16.4 Å². The molecule has 0 amide bonds. The molecule has 0 bridgehead atoms. The third-order valence-electron chi connectivity index (χ3n) is 2.09. The van der Waals surface area contributed by atoms with Gasteiger partial charge in [0.1, 0.15) is 0 Å². The Morgan fingerprint density at radius 1 is 1.00 bits per heavy atom. The second-order valence-electron chi connectivity index (χ2n) is 3.37. The molecule has 0 aromatic heterocycles. The van der Waals surface area contributed by atoms with Gasteiger partial charge in [-0.3, -0.25) is 0 Å². The molecule has 0 aliphatic rings. The zero-order chi connectivity index (χ0) is 11.5. The molecule has 0 heterocycles. The summed E-state index contributed by atoms with van der Waals surface area (Å²) in [6.45, 7) is 0. The first kappa shape index (κ1) is 11.1. The van der Waals surface area contributed by atoms with Gasteiger partial charge >= 0.3 is 0 Å². The van der Waals surface area contributed by atoms with Crippen LogP contribution in [0.1, 0.15) is 0 Å². The Kier molecular flexibility index (Phi) is 3.22. The number of nitrogens with one attached hydrogen (secondary N) is 1. The third-order valence-corrected chi connectivity index (χ3v) is 2.66. The SMILES string of the molecule is Nc1cccc(Nc2cc(Cl)ccc2Cl)c1. The van der Waals surface area contributed by atoms with Crippen LogP contribution in [0, 0.1) is 0 Å². The van der Waals surface area contributed by atoms with Gasteiger partial charge in [-0.15, -0.1) is 0 Å². The summed E-state index contributed by atoms with van der Waals surface area (Å²) >= 11 is 11.9. The van der Waals surface area contributed by atoms with Crippen molar-refractivity contribution in [3.05, 3.63) is 52.5 Å². The average molecular weight is 253 g/mol. The molecule has 4 heteroatoms. The highest BCUT2D eigenvalue weighted by Crippen LogP contribution is 2.28. The molecular formula is C12H10Cl2N2. The van der Waals surface area contributed by atoms with Gasteiger partial charge in [0.05, 0.1) is 10.7 Å². The lowest BCUT2D eigenvalue weighted by Crippen LogP contribution is -1.92. The maximum absolute atomic E-state index is 6.03. The average Bonchev–Trinajstić information content (AvgIpc) is 2.24. The Labute approximate surface area is 104 Å². The summed E-state index contributed by atoms with van der Waals surface area (Å²) in [4.78, 5) is 0. The fraction of sp³-hybridized carbons (Fsp3) is 0. The summed E-state index contributed by atoms with van der Waals surface area (Å²) in [7, 11) is 0. The molecule has 2 aromatic carbocycles. The summed E-state index contributed by atoms with van der Waals surface area (Å²) in [5.74, 6) is 0. The lowest BCUT2D eigenvalue weighted by atomic mass is 10.2. The van der Waals surface area contributed by atoms with E-state index in [0.717, 1.165) is 11.4 Å². The second kappa shape index (κ2) is 4.64. The Morgan fingerprint density at radius 2 is 1.81 bits per heavy atom. The first-order valence-electron chi connectivity index (χ1n) is 4.73. The monoisotopic (exact) mass is 252 g/mol. The van der Waals surface area contributed by atoms with E-state index < -0.39 is 0 Å². The molecule has 0 aliphatic heterocycles. The fourth-order valence-corrected chi connectivity index (χ4v) is 1.70. The van der Waals surface area contributed by atoms with E-state index in [1.54, 1.807) is 18.2 Å². The second-order valence-corrected chi connectivity index (χ2v) is 4.22. The molecule has 0 unspecified atom stereocenters. The Bertz CT molecular complexity index is 512. The Hall–Kier alpha value is -1.38. The number of rotatable bonds is 2. The van der Waals surface area contributed by atoms with Gasteiger partial charge in [0.15, 0.2) is 0 Å². The number of hydrogen-bond acceptors (Lipinski definition) is 2. The topological polar surface area (TPSA) is 38.0 Å². The van der Waals surface area contributed by atoms with Gasteiger partial charge in [-0.1, -0.05) is 29.3 Å². The van der Waals surface area contributed by atoms with E-state index >= 15 is 0 Å². The molecule has 0 saturated carbocycles. The van der Waals surface area contributed by atoms with Crippen LogP contribution in [0.4, 0.5) is 17.1 Å². The van der Waals surface area contributed by atoms with Gasteiger partial charge in [0.25, 0.3) is 0 Å². The van der Waals surface area contributed by atoms with Crippen LogP contribution in [0.25, 0.3) is 0 Å². The van der Waals surface area contributed by atoms with Gasteiger partial charge in [0.2, 0.25) is 0 Å². The van der Waals surface area contributed by atoms with Crippen LogP contribution < -0.4 is 11.1 Å². The van der Waals surface area contributed by atoms with Crippen molar-refractivity contribution in [2.45, 2.75) is 0 Å². The van der Waals surface area contributed by atoms with Crippen molar-refractivity contribution in [2.24, 2.45) is 0 Å². The van der Waals surface area contributed by atoms with Gasteiger partial charge < -0.3 is 11.1 Å². The number of hydrogen-bond donors (Lipinski definition) is 2. The summed E-state index contributed by atoms with van der Waals surface area (Å²) < 4.78 is 0. The number of halogens is 2. The molecular weight excluding hydrogens is 243 g/mol. The zero-order valence-electron chi connectivity index (χ0n) is 8.37. The van der Waals surface area contributed by atoms with Crippen LogP contribution in [0.3, 0.4) is 0 Å². The van der Waals surface area contributed by atoms with Crippen LogP contribution in [0.2, 0.25) is 10.0 Å². The molecule has 0 aliphatic carbocycles. The minimum atomic E-state index is 0.617. The van der Waals surface area contributed by atoms with E-state index in [0.29, 0.717) is 15.7 Å². The predicted molar refractivity (Wildman–Crippen MR) is 70.6 cm³/mol. The van der Waals surface area contributed by atoms with Gasteiger partial charge in [-0.2, -0.15) is 0 Å². The van der Waals surface area contributed by atoms with Crippen LogP contribution in [0.15, 0.2) is 42.5 Å². The Balaban J connectivity index is 2.30. The molecule has 2 nitrogen and oxygen atoms in total. The number of anilines is 3. The summed E-state index contributed by atoms with van der Waals surface area (Å²) in [5.41, 5.74) is 8.02. The molecule has 0 saturated heterocycles. The summed E-state index contributed by atoms with van der Waals surface area (Å²) in [6, 6.07) is 12.7. The molecule has 0 spiro atoms. The normalized spacial score (nSPS) is 10.1. The van der Waals surface area contributed by atoms with Crippen molar-refractivity contribution < 1.29 is 0 Å². The van der Waals surface area contributed by atoms with Crippen molar-refractivity contribution >= 4 is 40.3 Å². The highest BCUT2D eigenvalue weighted by molar-refractivity contribution is 6.35. The van der Waals surface area contributed by atoms with E-state index in [2.05, 4.69) is 5.32 Å². The first-order chi connectivity index (χ1) is 7.65. The van der Waals surface area contributed by atoms with Crippen molar-refractivity contribution in [2.75, 3.05) is 11.1 Å². The van der Waals surface area contributed by atoms with Crippen molar-refractivity contribution in [3.8, 4) is 0 Å². The quantitative estimate of drug-likeness (QED) is 0.782. The minimum Gasteiger partial charge on any atom is -0.399 e. The minimum absolute atomic E-state index is 0.617. The molecule has 2 aromatic rings. The number of nitrogens with two attached hydrogens (primary N) is 1. The van der Waals surface area contributed by atoms with E-state index in [9.17, 15) is 0 Å². The first-order valence-corrected chi connectivity index (χ1v) is 5.48. The molecule has 2 rings (SSSR count). The highest BCUT2D eigenvalue weighted by Gasteiger charge is 2.01. The van der Waals surface area contributed by atoms with E-state index in [1.807, 2.05) is 24.3 Å². The lowest BCUT2D eigenvalue weighted by Gasteiger charge is -2.09. The standard InChI is InChI=1S/C12H10Cl2N2/c13-8-4-5-11(14)12(6-8)16-10-3-1-2-9(15)7-10/h1-7,16H,15H2. The smallest absolute Gasteiger partial charge is 0.0642 e. The molecule has 3 N–H and O–H groups in total. The number of benzene rings is 2. The maximum atomic E-state index is 6.03. The van der Waals surface area contributed by atoms with E-state index in [1.165, 1.54) is 0 Å². The van der Waals surface area contributed by atoms with Crippen molar-refractivity contribution in [1.29, 1.82) is 0 Å². The van der Waals surface area contributed by atoms with Crippen molar-refractivity contribution in [3.63, 3.8) is 0 Å². The van der Waals surface area contributed by atoms with E-state index in [-0.39, 0.29) is 0 Å². The van der Waals surface area contributed by atoms with Crippen LogP contribution in [0.5, 0.6) is 0 Å². The van der Waals surface area contributed by atoms with Crippen LogP contribution in [-0.2, 0) is 0 Å².